The molecule has 0 bridgehead atoms. The van der Waals surface area contributed by atoms with Gasteiger partial charge in [-0.05, 0) is 13.0 Å². The van der Waals surface area contributed by atoms with Crippen LogP contribution in [0.3, 0.4) is 0 Å². The molecule has 1 aromatic rings. The van der Waals surface area contributed by atoms with Gasteiger partial charge in [-0.1, -0.05) is 5.92 Å². The van der Waals surface area contributed by atoms with E-state index in [9.17, 15) is 18.4 Å². The van der Waals surface area contributed by atoms with Crippen LogP contribution in [0.4, 0.5) is 8.78 Å². The number of hydrogen-bond acceptors (Lipinski definition) is 3. The first-order chi connectivity index (χ1) is 7.95. The molecule has 1 aromatic carbocycles. The number of ether oxygens (including phenoxy) is 1. The molecule has 0 spiro atoms. The Morgan fingerprint density at radius 2 is 1.88 bits per heavy atom. The fraction of sp³-hybridized carbons (Fsp3) is 0.167. The number of methoxy groups -OCH3 is 1. The fourth-order valence-corrected chi connectivity index (χ4v) is 1.08. The van der Waals surface area contributed by atoms with E-state index in [1.165, 1.54) is 0 Å². The van der Waals surface area contributed by atoms with Gasteiger partial charge in [0.1, 0.15) is 11.6 Å². The Labute approximate surface area is 96.4 Å². The molecule has 0 amide bonds. The third-order valence-corrected chi connectivity index (χ3v) is 1.92. The molecule has 0 saturated carbocycles. The third-order valence-electron chi connectivity index (χ3n) is 1.92. The van der Waals surface area contributed by atoms with Crippen LogP contribution in [-0.4, -0.2) is 18.9 Å². The molecular weight excluding hydrogens is 230 g/mol. The Morgan fingerprint density at radius 1 is 1.24 bits per heavy atom. The smallest absolute Gasteiger partial charge is 0.384 e. The van der Waals surface area contributed by atoms with E-state index in [2.05, 4.69) is 10.7 Å². The molecule has 0 aromatic heterocycles. The molecule has 0 saturated heterocycles. The zero-order valence-corrected chi connectivity index (χ0v) is 9.14. The van der Waals surface area contributed by atoms with Crippen molar-refractivity contribution in [3.05, 3.63) is 34.9 Å². The van der Waals surface area contributed by atoms with Crippen molar-refractivity contribution >= 4 is 11.8 Å². The number of Topliss-reactive ketones (excluding diaryl/α,β-unsaturated/α-hetero) is 1. The van der Waals surface area contributed by atoms with Crippen molar-refractivity contribution in [1.29, 1.82) is 0 Å². The highest BCUT2D eigenvalue weighted by molar-refractivity contribution is 5.95. The van der Waals surface area contributed by atoms with Crippen molar-refractivity contribution in [2.75, 3.05) is 7.11 Å². The lowest BCUT2D eigenvalue weighted by Crippen LogP contribution is -2.01. The first-order valence-corrected chi connectivity index (χ1v) is 4.55. The summed E-state index contributed by atoms with van der Waals surface area (Å²) in [6.45, 7) is 1.15. The van der Waals surface area contributed by atoms with Crippen molar-refractivity contribution < 1.29 is 23.1 Å². The average Bonchev–Trinajstić information content (AvgIpc) is 2.26. The summed E-state index contributed by atoms with van der Waals surface area (Å²) in [6, 6.07) is 1.51. The molecule has 0 unspecified atom stereocenters. The monoisotopic (exact) mass is 238 g/mol. The minimum atomic E-state index is -0.960. The number of rotatable bonds is 1. The van der Waals surface area contributed by atoms with Crippen LogP contribution in [0.1, 0.15) is 22.8 Å². The molecular formula is C12H8F2O3. The van der Waals surface area contributed by atoms with E-state index in [0.29, 0.717) is 6.07 Å². The van der Waals surface area contributed by atoms with Crippen LogP contribution in [0.2, 0.25) is 0 Å². The minimum absolute atomic E-state index is 0.234. The summed E-state index contributed by atoms with van der Waals surface area (Å²) in [4.78, 5) is 21.7. The highest BCUT2D eigenvalue weighted by atomic mass is 19.1. The number of benzene rings is 1. The summed E-state index contributed by atoms with van der Waals surface area (Å²) in [5, 5.41) is 0. The van der Waals surface area contributed by atoms with E-state index < -0.39 is 23.4 Å². The number of carbonyl (C=O) groups is 2. The van der Waals surface area contributed by atoms with Crippen LogP contribution in [0.15, 0.2) is 12.1 Å². The van der Waals surface area contributed by atoms with Crippen molar-refractivity contribution in [3.8, 4) is 11.8 Å². The van der Waals surface area contributed by atoms with Crippen LogP contribution in [0, 0.1) is 23.5 Å². The lowest BCUT2D eigenvalue weighted by molar-refractivity contribution is -0.133. The highest BCUT2D eigenvalue weighted by Gasteiger charge is 2.11. The summed E-state index contributed by atoms with van der Waals surface area (Å²) in [5.74, 6) is 0.856. The predicted octanol–water partition coefficient (Wildman–Crippen LogP) is 1.69. The van der Waals surface area contributed by atoms with E-state index in [1.807, 2.05) is 5.92 Å². The summed E-state index contributed by atoms with van der Waals surface area (Å²) < 4.78 is 30.6. The highest BCUT2D eigenvalue weighted by Crippen LogP contribution is 2.14. The predicted molar refractivity (Wildman–Crippen MR) is 55.3 cm³/mol. The van der Waals surface area contributed by atoms with Gasteiger partial charge in [-0.3, -0.25) is 4.79 Å². The zero-order chi connectivity index (χ0) is 13.0. The van der Waals surface area contributed by atoms with Gasteiger partial charge >= 0.3 is 5.97 Å². The maximum atomic E-state index is 13.2. The first kappa shape index (κ1) is 12.8. The van der Waals surface area contributed by atoms with Crippen LogP contribution >= 0.6 is 0 Å². The second-order valence-corrected chi connectivity index (χ2v) is 3.11. The van der Waals surface area contributed by atoms with Gasteiger partial charge in [0, 0.05) is 12.0 Å². The van der Waals surface area contributed by atoms with E-state index in [0.717, 1.165) is 20.1 Å². The largest absolute Gasteiger partial charge is 0.459 e. The molecule has 0 aliphatic rings. The van der Waals surface area contributed by atoms with E-state index in [-0.39, 0.29) is 11.1 Å². The maximum Gasteiger partial charge on any atom is 0.384 e. The Balaban J connectivity index is 3.24. The van der Waals surface area contributed by atoms with Crippen molar-refractivity contribution in [3.63, 3.8) is 0 Å². The van der Waals surface area contributed by atoms with Crippen LogP contribution in [0.5, 0.6) is 0 Å². The average molecular weight is 238 g/mol. The maximum absolute atomic E-state index is 13.2. The topological polar surface area (TPSA) is 43.4 Å². The molecule has 1 rings (SSSR count). The summed E-state index contributed by atoms with van der Waals surface area (Å²) in [5.41, 5.74) is -0.512. The van der Waals surface area contributed by atoms with Crippen molar-refractivity contribution in [2.45, 2.75) is 6.92 Å². The van der Waals surface area contributed by atoms with Gasteiger partial charge in [0.2, 0.25) is 0 Å². The van der Waals surface area contributed by atoms with Crippen LogP contribution < -0.4 is 0 Å². The third kappa shape index (κ3) is 3.11. The molecule has 88 valence electrons. The second kappa shape index (κ2) is 5.21. The molecule has 0 heterocycles. The Hall–Kier alpha value is -2.22. The molecule has 0 aliphatic carbocycles. The van der Waals surface area contributed by atoms with E-state index in [1.54, 1.807) is 0 Å². The van der Waals surface area contributed by atoms with Crippen LogP contribution in [-0.2, 0) is 9.53 Å². The lowest BCUT2D eigenvalue weighted by Gasteiger charge is -2.00. The Morgan fingerprint density at radius 3 is 2.41 bits per heavy atom. The Bertz CT molecular complexity index is 539. The quantitative estimate of drug-likeness (QED) is 0.425. The molecule has 0 radical (unpaired) electrons. The number of ketones is 1. The summed E-state index contributed by atoms with van der Waals surface area (Å²) in [6.07, 6.45) is 0. The van der Waals surface area contributed by atoms with Crippen LogP contribution in [0.25, 0.3) is 0 Å². The number of hydrogen-bond donors (Lipinski definition) is 0. The standard InChI is InChI=1S/C12H8F2O3/c1-7(15)9-5-8(3-4-12(16)17-2)10(13)6-11(9)14/h5-6H,1-2H3. The summed E-state index contributed by atoms with van der Waals surface area (Å²) >= 11 is 0. The van der Waals surface area contributed by atoms with E-state index in [4.69, 9.17) is 0 Å². The van der Waals surface area contributed by atoms with Crippen molar-refractivity contribution in [1.82, 2.24) is 0 Å². The molecule has 5 heteroatoms. The minimum Gasteiger partial charge on any atom is -0.459 e. The van der Waals surface area contributed by atoms with Crippen molar-refractivity contribution in [2.24, 2.45) is 0 Å². The van der Waals surface area contributed by atoms with Gasteiger partial charge in [-0.15, -0.1) is 0 Å². The molecule has 3 nitrogen and oxygen atoms in total. The van der Waals surface area contributed by atoms with Gasteiger partial charge in [-0.25, -0.2) is 13.6 Å². The van der Waals surface area contributed by atoms with Gasteiger partial charge in [0.15, 0.2) is 5.78 Å². The molecule has 0 aliphatic heterocycles. The fourth-order valence-electron chi connectivity index (χ4n) is 1.08. The number of carbonyl (C=O) groups excluding carboxylic acids is 2. The molecule has 0 atom stereocenters. The lowest BCUT2D eigenvalue weighted by atomic mass is 10.1. The Kier molecular flexibility index (Phi) is 3.94. The van der Waals surface area contributed by atoms with Gasteiger partial charge in [0.05, 0.1) is 18.2 Å². The first-order valence-electron chi connectivity index (χ1n) is 4.55. The molecule has 17 heavy (non-hydrogen) atoms. The second-order valence-electron chi connectivity index (χ2n) is 3.11. The van der Waals surface area contributed by atoms with Gasteiger partial charge in [0.25, 0.3) is 0 Å². The molecule has 0 N–H and O–H groups in total. The summed E-state index contributed by atoms with van der Waals surface area (Å²) in [7, 11) is 1.12. The molecule has 0 fully saturated rings. The van der Waals surface area contributed by atoms with Gasteiger partial charge in [-0.2, -0.15) is 0 Å². The van der Waals surface area contributed by atoms with Gasteiger partial charge < -0.3 is 4.74 Å². The zero-order valence-electron chi connectivity index (χ0n) is 9.14. The number of esters is 1. The SMILES string of the molecule is COC(=O)C#Cc1cc(C(C)=O)c(F)cc1F. The van der Waals surface area contributed by atoms with E-state index >= 15 is 0 Å². The number of halogens is 2. The normalized spacial score (nSPS) is 9.18.